The van der Waals surface area contributed by atoms with Gasteiger partial charge in [0.05, 0.1) is 26.0 Å². The molecule has 0 atom stereocenters. The smallest absolute Gasteiger partial charge is 0.238 e. The number of hydrogen-bond donors (Lipinski definition) is 2. The number of ether oxygens (including phenoxy) is 1. The first kappa shape index (κ1) is 18.7. The van der Waals surface area contributed by atoms with Gasteiger partial charge in [-0.2, -0.15) is 0 Å². The Morgan fingerprint density at radius 3 is 2.52 bits per heavy atom. The maximum absolute atomic E-state index is 11.9. The zero-order valence-corrected chi connectivity index (χ0v) is 15.2. The highest BCUT2D eigenvalue weighted by molar-refractivity contribution is 5.92. The van der Waals surface area contributed by atoms with Crippen LogP contribution < -0.4 is 15.4 Å². The normalized spacial score (nSPS) is 10.5. The molecule has 0 saturated heterocycles. The van der Waals surface area contributed by atoms with E-state index in [-0.39, 0.29) is 12.5 Å². The molecule has 0 aliphatic rings. The Balaban J connectivity index is 1.33. The van der Waals surface area contributed by atoms with E-state index in [0.717, 1.165) is 30.0 Å². The van der Waals surface area contributed by atoms with Gasteiger partial charge in [-0.3, -0.25) is 4.79 Å². The summed E-state index contributed by atoms with van der Waals surface area (Å²) in [5.41, 5.74) is 2.07. The minimum absolute atomic E-state index is 0.0990. The third-order valence-electron chi connectivity index (χ3n) is 4.02. The van der Waals surface area contributed by atoms with E-state index in [4.69, 9.17) is 9.15 Å². The van der Waals surface area contributed by atoms with Gasteiger partial charge in [0, 0.05) is 5.69 Å². The molecule has 140 valence electrons. The second kappa shape index (κ2) is 10.2. The van der Waals surface area contributed by atoms with Gasteiger partial charge >= 0.3 is 0 Å². The van der Waals surface area contributed by atoms with Crippen LogP contribution in [-0.4, -0.2) is 19.1 Å². The first-order valence-corrected chi connectivity index (χ1v) is 9.09. The monoisotopic (exact) mass is 364 g/mol. The number of furan rings is 1. The van der Waals surface area contributed by atoms with Crippen LogP contribution in [0.2, 0.25) is 0 Å². The molecule has 5 nitrogen and oxygen atoms in total. The quantitative estimate of drug-likeness (QED) is 0.533. The molecule has 1 aromatic heterocycles. The number of nitrogens with one attached hydrogen (secondary N) is 2. The number of amides is 1. The summed E-state index contributed by atoms with van der Waals surface area (Å²) in [4.78, 5) is 11.9. The SMILES string of the molecule is O=C(CNCc1ccco1)Nc1ccc(OCCCc2ccccc2)cc1. The van der Waals surface area contributed by atoms with E-state index in [0.29, 0.717) is 13.2 Å². The molecule has 3 aromatic rings. The van der Waals surface area contributed by atoms with Gasteiger partial charge in [0.15, 0.2) is 0 Å². The van der Waals surface area contributed by atoms with Gasteiger partial charge in [-0.15, -0.1) is 0 Å². The lowest BCUT2D eigenvalue weighted by Crippen LogP contribution is -2.27. The van der Waals surface area contributed by atoms with Crippen molar-refractivity contribution < 1.29 is 13.9 Å². The largest absolute Gasteiger partial charge is 0.494 e. The van der Waals surface area contributed by atoms with Crippen LogP contribution in [0.15, 0.2) is 77.4 Å². The Hall–Kier alpha value is -3.05. The molecule has 2 N–H and O–H groups in total. The molecule has 0 radical (unpaired) electrons. The summed E-state index contributed by atoms with van der Waals surface area (Å²) in [7, 11) is 0. The van der Waals surface area contributed by atoms with E-state index in [1.165, 1.54) is 5.56 Å². The predicted molar refractivity (Wildman–Crippen MR) is 106 cm³/mol. The number of carbonyl (C=O) groups excluding carboxylic acids is 1. The number of aryl methyl sites for hydroxylation is 1. The number of carbonyl (C=O) groups is 1. The van der Waals surface area contributed by atoms with Gasteiger partial charge in [-0.25, -0.2) is 0 Å². The fraction of sp³-hybridized carbons (Fsp3) is 0.227. The van der Waals surface area contributed by atoms with Crippen LogP contribution in [0, 0.1) is 0 Å². The summed E-state index contributed by atoms with van der Waals surface area (Å²) in [6, 6.07) is 21.5. The lowest BCUT2D eigenvalue weighted by molar-refractivity contribution is -0.115. The Labute approximate surface area is 159 Å². The Bertz CT molecular complexity index is 799. The molecule has 3 rings (SSSR count). The van der Waals surface area contributed by atoms with Gasteiger partial charge in [-0.1, -0.05) is 30.3 Å². The highest BCUT2D eigenvalue weighted by atomic mass is 16.5. The highest BCUT2D eigenvalue weighted by Crippen LogP contribution is 2.16. The van der Waals surface area contributed by atoms with Crippen molar-refractivity contribution in [1.82, 2.24) is 5.32 Å². The third kappa shape index (κ3) is 6.64. The van der Waals surface area contributed by atoms with Crippen LogP contribution in [0.25, 0.3) is 0 Å². The van der Waals surface area contributed by atoms with Crippen LogP contribution in [0.4, 0.5) is 5.69 Å². The second-order valence-electron chi connectivity index (χ2n) is 6.19. The summed E-state index contributed by atoms with van der Waals surface area (Å²) in [6.07, 6.45) is 3.58. The van der Waals surface area contributed by atoms with E-state index in [2.05, 4.69) is 34.9 Å². The van der Waals surface area contributed by atoms with Crippen LogP contribution in [0.1, 0.15) is 17.7 Å². The van der Waals surface area contributed by atoms with Crippen molar-refractivity contribution in [2.75, 3.05) is 18.5 Å². The average molecular weight is 364 g/mol. The number of rotatable bonds is 10. The fourth-order valence-corrected chi connectivity index (χ4v) is 2.66. The third-order valence-corrected chi connectivity index (χ3v) is 4.02. The Morgan fingerprint density at radius 1 is 0.963 bits per heavy atom. The van der Waals surface area contributed by atoms with E-state index in [9.17, 15) is 4.79 Å². The molecule has 0 unspecified atom stereocenters. The standard InChI is InChI=1S/C22H24N2O3/c25-22(17-23-16-21-9-5-15-27-21)24-19-10-12-20(13-11-19)26-14-4-8-18-6-2-1-3-7-18/h1-3,5-7,9-13,15,23H,4,8,14,16-17H2,(H,24,25). The zero-order chi connectivity index (χ0) is 18.7. The van der Waals surface area contributed by atoms with E-state index >= 15 is 0 Å². The predicted octanol–water partition coefficient (Wildman–Crippen LogP) is 4.02. The van der Waals surface area contributed by atoms with Crippen molar-refractivity contribution in [1.29, 1.82) is 0 Å². The Morgan fingerprint density at radius 2 is 1.78 bits per heavy atom. The van der Waals surface area contributed by atoms with Crippen LogP contribution in [0.3, 0.4) is 0 Å². The van der Waals surface area contributed by atoms with Crippen LogP contribution in [0.5, 0.6) is 5.75 Å². The zero-order valence-electron chi connectivity index (χ0n) is 15.2. The van der Waals surface area contributed by atoms with Crippen molar-refractivity contribution in [2.45, 2.75) is 19.4 Å². The fourth-order valence-electron chi connectivity index (χ4n) is 2.66. The van der Waals surface area contributed by atoms with E-state index in [1.54, 1.807) is 6.26 Å². The van der Waals surface area contributed by atoms with Crippen LogP contribution in [-0.2, 0) is 17.8 Å². The van der Waals surface area contributed by atoms with Gasteiger partial charge in [0.25, 0.3) is 0 Å². The number of hydrogen-bond acceptors (Lipinski definition) is 4. The minimum atomic E-state index is -0.0990. The minimum Gasteiger partial charge on any atom is -0.494 e. The molecule has 2 aromatic carbocycles. The molecule has 5 heteroatoms. The molecule has 0 bridgehead atoms. The van der Waals surface area contributed by atoms with Crippen molar-refractivity contribution in [3.63, 3.8) is 0 Å². The molecule has 1 amide bonds. The summed E-state index contributed by atoms with van der Waals surface area (Å²) < 4.78 is 11.0. The van der Waals surface area contributed by atoms with Crippen molar-refractivity contribution in [3.05, 3.63) is 84.3 Å². The second-order valence-corrected chi connectivity index (χ2v) is 6.19. The Kier molecular flexibility index (Phi) is 7.07. The maximum Gasteiger partial charge on any atom is 0.238 e. The van der Waals surface area contributed by atoms with Gasteiger partial charge in [0.1, 0.15) is 11.5 Å². The average Bonchev–Trinajstić information content (AvgIpc) is 3.21. The molecule has 0 aliphatic heterocycles. The topological polar surface area (TPSA) is 63.5 Å². The van der Waals surface area contributed by atoms with Crippen LogP contribution >= 0.6 is 0 Å². The summed E-state index contributed by atoms with van der Waals surface area (Å²) >= 11 is 0. The molecular formula is C22H24N2O3. The molecule has 0 spiro atoms. The number of benzene rings is 2. The summed E-state index contributed by atoms with van der Waals surface area (Å²) in [5.74, 6) is 1.51. The molecule has 27 heavy (non-hydrogen) atoms. The van der Waals surface area contributed by atoms with Gasteiger partial charge in [0.2, 0.25) is 5.91 Å². The summed E-state index contributed by atoms with van der Waals surface area (Å²) in [6.45, 7) is 1.41. The van der Waals surface area contributed by atoms with E-state index in [1.807, 2.05) is 42.5 Å². The van der Waals surface area contributed by atoms with Crippen molar-refractivity contribution >= 4 is 11.6 Å². The summed E-state index contributed by atoms with van der Waals surface area (Å²) in [5, 5.41) is 5.89. The van der Waals surface area contributed by atoms with Gasteiger partial charge in [-0.05, 0) is 54.8 Å². The number of anilines is 1. The van der Waals surface area contributed by atoms with Crippen molar-refractivity contribution in [2.24, 2.45) is 0 Å². The molecule has 0 aliphatic carbocycles. The van der Waals surface area contributed by atoms with Crippen molar-refractivity contribution in [3.8, 4) is 5.75 Å². The first-order valence-electron chi connectivity index (χ1n) is 9.09. The molecule has 1 heterocycles. The molecular weight excluding hydrogens is 340 g/mol. The van der Waals surface area contributed by atoms with E-state index < -0.39 is 0 Å². The lowest BCUT2D eigenvalue weighted by atomic mass is 10.1. The van der Waals surface area contributed by atoms with Gasteiger partial charge < -0.3 is 19.8 Å². The maximum atomic E-state index is 11.9. The highest BCUT2D eigenvalue weighted by Gasteiger charge is 2.03. The first-order chi connectivity index (χ1) is 13.3. The molecule has 0 fully saturated rings. The lowest BCUT2D eigenvalue weighted by Gasteiger charge is -2.09. The molecule has 0 saturated carbocycles.